The first kappa shape index (κ1) is 23.6. The molecule has 32 heavy (non-hydrogen) atoms. The second-order valence-electron chi connectivity index (χ2n) is 7.47. The highest BCUT2D eigenvalue weighted by Gasteiger charge is 2.34. The molecule has 7 nitrogen and oxygen atoms in total. The normalized spacial score (nSPS) is 15.6. The molecule has 1 aliphatic carbocycles. The van der Waals surface area contributed by atoms with Gasteiger partial charge in [0.1, 0.15) is 5.75 Å². The first-order valence-corrected chi connectivity index (χ1v) is 11.4. The second kappa shape index (κ2) is 8.85. The SMILES string of the molecule is CC(F)(F)c1ncc(C(=O)N[C@H](/C=C/S(C)(=O)=O)C2CC2)nc1Oc1ccc(F)c(F)c1. The lowest BCUT2D eigenvalue weighted by atomic mass is 10.2. The van der Waals surface area contributed by atoms with Crippen LogP contribution in [0.3, 0.4) is 0 Å². The zero-order chi connectivity index (χ0) is 23.7. The number of carbonyl (C=O) groups excluding carboxylic acids is 1. The third-order valence-corrected chi connectivity index (χ3v) is 5.11. The summed E-state index contributed by atoms with van der Waals surface area (Å²) < 4.78 is 82.4. The van der Waals surface area contributed by atoms with Crippen LogP contribution in [0.25, 0.3) is 0 Å². The van der Waals surface area contributed by atoms with Gasteiger partial charge in [-0.2, -0.15) is 8.78 Å². The summed E-state index contributed by atoms with van der Waals surface area (Å²) in [5.41, 5.74) is -1.29. The average Bonchev–Trinajstić information content (AvgIpc) is 3.51. The fraction of sp³-hybridized carbons (Fsp3) is 0.350. The first-order valence-electron chi connectivity index (χ1n) is 9.41. The Labute approximate surface area is 181 Å². The molecular formula is C20H19F4N3O4S. The average molecular weight is 473 g/mol. The summed E-state index contributed by atoms with van der Waals surface area (Å²) >= 11 is 0. The number of alkyl halides is 2. The van der Waals surface area contributed by atoms with Crippen molar-refractivity contribution in [3.05, 3.63) is 58.9 Å². The predicted octanol–water partition coefficient (Wildman–Crippen LogP) is 3.73. The maximum absolute atomic E-state index is 13.9. The van der Waals surface area contributed by atoms with Gasteiger partial charge in [-0.1, -0.05) is 6.08 Å². The number of aromatic nitrogens is 2. The van der Waals surface area contributed by atoms with E-state index in [9.17, 15) is 30.8 Å². The van der Waals surface area contributed by atoms with E-state index in [-0.39, 0.29) is 17.4 Å². The Morgan fingerprint density at radius 1 is 1.28 bits per heavy atom. The minimum atomic E-state index is -3.51. The van der Waals surface area contributed by atoms with Crippen molar-refractivity contribution < 1.29 is 35.5 Å². The van der Waals surface area contributed by atoms with Gasteiger partial charge in [-0.25, -0.2) is 27.2 Å². The Balaban J connectivity index is 1.89. The van der Waals surface area contributed by atoms with Crippen molar-refractivity contribution in [2.45, 2.75) is 31.7 Å². The lowest BCUT2D eigenvalue weighted by Gasteiger charge is -2.17. The number of benzene rings is 1. The number of ether oxygens (including phenoxy) is 1. The van der Waals surface area contributed by atoms with Crippen LogP contribution in [0, 0.1) is 17.6 Å². The number of halogens is 4. The van der Waals surface area contributed by atoms with Gasteiger partial charge in [0.25, 0.3) is 11.8 Å². The van der Waals surface area contributed by atoms with E-state index in [1.54, 1.807) is 0 Å². The maximum atomic E-state index is 13.9. The zero-order valence-corrected chi connectivity index (χ0v) is 17.8. The summed E-state index contributed by atoms with van der Waals surface area (Å²) in [6.45, 7) is 0.536. The molecule has 0 spiro atoms. The minimum Gasteiger partial charge on any atom is -0.437 e. The predicted molar refractivity (Wildman–Crippen MR) is 106 cm³/mol. The van der Waals surface area contributed by atoms with Gasteiger partial charge >= 0.3 is 0 Å². The van der Waals surface area contributed by atoms with Gasteiger partial charge in [-0.15, -0.1) is 0 Å². The van der Waals surface area contributed by atoms with Gasteiger partial charge in [0, 0.05) is 24.7 Å². The van der Waals surface area contributed by atoms with Gasteiger partial charge in [0.05, 0.1) is 12.2 Å². The van der Waals surface area contributed by atoms with Crippen molar-refractivity contribution in [3.8, 4) is 11.6 Å². The highest BCUT2D eigenvalue weighted by Crippen LogP contribution is 2.35. The molecule has 1 heterocycles. The summed E-state index contributed by atoms with van der Waals surface area (Å²) in [6.07, 6.45) is 4.72. The topological polar surface area (TPSA) is 98.2 Å². The van der Waals surface area contributed by atoms with Crippen LogP contribution >= 0.6 is 0 Å². The molecule has 1 N–H and O–H groups in total. The van der Waals surface area contributed by atoms with E-state index in [1.807, 2.05) is 0 Å². The third-order valence-electron chi connectivity index (χ3n) is 4.46. The van der Waals surface area contributed by atoms with E-state index in [0.29, 0.717) is 13.0 Å². The summed E-state index contributed by atoms with van der Waals surface area (Å²) in [5.74, 6) is -7.79. The fourth-order valence-electron chi connectivity index (χ4n) is 2.74. The molecule has 0 aliphatic heterocycles. The molecule has 0 unspecified atom stereocenters. The van der Waals surface area contributed by atoms with E-state index in [2.05, 4.69) is 15.3 Å². The van der Waals surface area contributed by atoms with Gasteiger partial charge in [0.2, 0.25) is 5.88 Å². The Bertz CT molecular complexity index is 1160. The summed E-state index contributed by atoms with van der Waals surface area (Å²) in [7, 11) is -3.42. The molecule has 2 aromatic rings. The fourth-order valence-corrected chi connectivity index (χ4v) is 3.19. The number of rotatable bonds is 8. The van der Waals surface area contributed by atoms with Crippen molar-refractivity contribution >= 4 is 15.7 Å². The summed E-state index contributed by atoms with van der Waals surface area (Å²) in [4.78, 5) is 20.0. The lowest BCUT2D eigenvalue weighted by molar-refractivity contribution is 0.00991. The largest absolute Gasteiger partial charge is 0.437 e. The molecule has 1 fully saturated rings. The second-order valence-corrected chi connectivity index (χ2v) is 9.40. The molecule has 1 aliphatic rings. The zero-order valence-electron chi connectivity index (χ0n) is 17.0. The number of amides is 1. The van der Waals surface area contributed by atoms with Gasteiger partial charge in [-0.05, 0) is 30.9 Å². The Kier molecular flexibility index (Phi) is 6.54. The molecule has 1 amide bonds. The molecule has 0 radical (unpaired) electrons. The Morgan fingerprint density at radius 3 is 2.53 bits per heavy atom. The van der Waals surface area contributed by atoms with Crippen molar-refractivity contribution in [1.82, 2.24) is 15.3 Å². The summed E-state index contributed by atoms with van der Waals surface area (Å²) in [6, 6.07) is 1.78. The molecular weight excluding hydrogens is 454 g/mol. The van der Waals surface area contributed by atoms with Crippen LogP contribution in [0.1, 0.15) is 35.9 Å². The van der Waals surface area contributed by atoms with Crippen LogP contribution in [0.4, 0.5) is 17.6 Å². The summed E-state index contributed by atoms with van der Waals surface area (Å²) in [5, 5.41) is 3.56. The first-order chi connectivity index (χ1) is 14.8. The Morgan fingerprint density at radius 2 is 1.97 bits per heavy atom. The standard InChI is InChI=1S/C20H19F4N3O4S/c1-20(23,24)17-19(31-12-5-6-13(21)14(22)9-12)27-16(10-25-17)18(28)26-15(11-3-4-11)7-8-32(2,29)30/h5-11,15H,3-4H2,1-2H3,(H,26,28)/b8-7+/t15-/m1/s1. The van der Waals surface area contributed by atoms with Crippen LogP contribution in [0.15, 0.2) is 35.9 Å². The van der Waals surface area contributed by atoms with Crippen LogP contribution in [-0.4, -0.2) is 36.6 Å². The van der Waals surface area contributed by atoms with E-state index in [0.717, 1.165) is 42.8 Å². The number of nitrogens with one attached hydrogen (secondary N) is 1. The lowest BCUT2D eigenvalue weighted by Crippen LogP contribution is -2.36. The molecule has 1 aromatic carbocycles. The highest BCUT2D eigenvalue weighted by molar-refractivity contribution is 7.93. The van der Waals surface area contributed by atoms with Crippen LogP contribution < -0.4 is 10.1 Å². The minimum absolute atomic E-state index is 0.0297. The third kappa shape index (κ3) is 6.25. The van der Waals surface area contributed by atoms with Crippen LogP contribution in [0.2, 0.25) is 0 Å². The molecule has 1 aromatic heterocycles. The van der Waals surface area contributed by atoms with Crippen LogP contribution in [-0.2, 0) is 15.8 Å². The van der Waals surface area contributed by atoms with E-state index in [4.69, 9.17) is 4.74 Å². The van der Waals surface area contributed by atoms with Gasteiger partial charge in [-0.3, -0.25) is 4.79 Å². The van der Waals surface area contributed by atoms with Crippen LogP contribution in [0.5, 0.6) is 11.6 Å². The molecule has 0 saturated heterocycles. The number of hydrogen-bond acceptors (Lipinski definition) is 6. The quantitative estimate of drug-likeness (QED) is 0.587. The van der Waals surface area contributed by atoms with E-state index in [1.165, 1.54) is 6.08 Å². The van der Waals surface area contributed by atoms with E-state index >= 15 is 0 Å². The van der Waals surface area contributed by atoms with Gasteiger partial charge in [0.15, 0.2) is 32.9 Å². The molecule has 0 bridgehead atoms. The highest BCUT2D eigenvalue weighted by atomic mass is 32.2. The van der Waals surface area contributed by atoms with Crippen molar-refractivity contribution in [2.24, 2.45) is 5.92 Å². The number of carbonyl (C=O) groups is 1. The number of hydrogen-bond donors (Lipinski definition) is 1. The number of sulfone groups is 1. The van der Waals surface area contributed by atoms with Gasteiger partial charge < -0.3 is 10.1 Å². The van der Waals surface area contributed by atoms with Crippen molar-refractivity contribution in [1.29, 1.82) is 0 Å². The monoisotopic (exact) mass is 473 g/mol. The maximum Gasteiger partial charge on any atom is 0.292 e. The molecule has 12 heteroatoms. The van der Waals surface area contributed by atoms with Crippen molar-refractivity contribution in [3.63, 3.8) is 0 Å². The molecule has 172 valence electrons. The van der Waals surface area contributed by atoms with Crippen molar-refractivity contribution in [2.75, 3.05) is 6.26 Å². The number of nitrogens with zero attached hydrogens (tertiary/aromatic N) is 2. The molecule has 1 saturated carbocycles. The van der Waals surface area contributed by atoms with E-state index < -0.39 is 50.9 Å². The smallest absolute Gasteiger partial charge is 0.292 e. The molecule has 3 rings (SSSR count). The Hall–Kier alpha value is -3.02. The molecule has 1 atom stereocenters.